The van der Waals surface area contributed by atoms with Crippen molar-refractivity contribution in [2.45, 2.75) is 27.2 Å². The molecule has 9 heavy (non-hydrogen) atoms. The maximum absolute atomic E-state index is 5.37. The summed E-state index contributed by atoms with van der Waals surface area (Å²) in [6.45, 7) is 8.17. The Morgan fingerprint density at radius 2 is 1.78 bits per heavy atom. The molecule has 58 valence electrons. The summed E-state index contributed by atoms with van der Waals surface area (Å²) in [7, 11) is 0. The molecule has 0 aliphatic carbocycles. The smallest absolute Gasteiger partial charge is 0.0348 e. The third-order valence-corrected chi connectivity index (χ3v) is 0.887. The molecule has 0 aromatic carbocycles. The second-order valence-corrected chi connectivity index (χ2v) is 1.82. The third-order valence-electron chi connectivity index (χ3n) is 0.698. The van der Waals surface area contributed by atoms with Crippen LogP contribution in [0.1, 0.15) is 27.2 Å². The van der Waals surface area contributed by atoms with Crippen LogP contribution in [-0.4, -0.2) is 19.0 Å². The average molecular weight is 152 g/mol. The lowest BCUT2D eigenvalue weighted by atomic mass is 10.5. The predicted octanol–water partition coefficient (Wildman–Crippen LogP) is 2.25. The molecule has 0 aliphatic rings. The molecule has 1 nitrogen and oxygen atoms in total. The van der Waals surface area contributed by atoms with Crippen molar-refractivity contribution in [2.75, 3.05) is 19.0 Å². The summed E-state index contributed by atoms with van der Waals surface area (Å²) in [6.07, 6.45) is 1.19. The van der Waals surface area contributed by atoms with Crippen molar-refractivity contribution in [3.8, 4) is 0 Å². The van der Waals surface area contributed by atoms with Crippen molar-refractivity contribution in [1.29, 1.82) is 0 Å². The predicted molar refractivity (Wildman–Crippen MR) is 45.2 cm³/mol. The van der Waals surface area contributed by atoms with Crippen molar-refractivity contribution in [3.05, 3.63) is 0 Å². The molecule has 0 fully saturated rings. The van der Waals surface area contributed by atoms with Gasteiger partial charge in [0.05, 0.1) is 0 Å². The van der Waals surface area contributed by atoms with Crippen LogP contribution < -0.4 is 5.32 Å². The van der Waals surface area contributed by atoms with E-state index < -0.39 is 0 Å². The topological polar surface area (TPSA) is 12.0 Å². The number of alkyl halides is 1. The zero-order valence-corrected chi connectivity index (χ0v) is 7.46. The Labute approximate surface area is 63.8 Å². The highest BCUT2D eigenvalue weighted by Gasteiger charge is 1.77. The molecule has 2 heteroatoms. The molecule has 0 heterocycles. The van der Waals surface area contributed by atoms with Gasteiger partial charge in [-0.2, -0.15) is 0 Å². The Balaban J connectivity index is 0. The molecular formula is C7H18ClN. The van der Waals surface area contributed by atoms with Gasteiger partial charge in [0, 0.05) is 12.4 Å². The van der Waals surface area contributed by atoms with Gasteiger partial charge in [-0.05, 0) is 13.0 Å². The van der Waals surface area contributed by atoms with Crippen LogP contribution in [0.2, 0.25) is 0 Å². The van der Waals surface area contributed by atoms with Crippen LogP contribution in [0.25, 0.3) is 0 Å². The molecule has 0 atom stereocenters. The van der Waals surface area contributed by atoms with Gasteiger partial charge in [0.25, 0.3) is 0 Å². The maximum atomic E-state index is 5.37. The monoisotopic (exact) mass is 151 g/mol. The van der Waals surface area contributed by atoms with E-state index in [9.17, 15) is 0 Å². The molecule has 0 aromatic heterocycles. The summed E-state index contributed by atoms with van der Waals surface area (Å²) in [5.41, 5.74) is 0. The Hall–Kier alpha value is 0.250. The summed E-state index contributed by atoms with van der Waals surface area (Å²) in [6, 6.07) is 0. The van der Waals surface area contributed by atoms with E-state index in [4.69, 9.17) is 11.6 Å². The number of rotatable bonds is 4. The van der Waals surface area contributed by atoms with Crippen molar-refractivity contribution in [1.82, 2.24) is 5.32 Å². The summed E-state index contributed by atoms with van der Waals surface area (Å²) in [5, 5.41) is 3.15. The Morgan fingerprint density at radius 1 is 1.22 bits per heavy atom. The summed E-state index contributed by atoms with van der Waals surface area (Å²) >= 11 is 5.37. The second kappa shape index (κ2) is 15.7. The highest BCUT2D eigenvalue weighted by Crippen LogP contribution is 1.71. The summed E-state index contributed by atoms with van der Waals surface area (Å²) in [4.78, 5) is 0. The minimum absolute atomic E-state index is 0.722. The van der Waals surface area contributed by atoms with Crippen LogP contribution in [-0.2, 0) is 0 Å². The molecule has 0 amide bonds. The van der Waals surface area contributed by atoms with Crippen molar-refractivity contribution < 1.29 is 0 Å². The van der Waals surface area contributed by atoms with Crippen LogP contribution in [0, 0.1) is 0 Å². The van der Waals surface area contributed by atoms with Gasteiger partial charge >= 0.3 is 0 Å². The van der Waals surface area contributed by atoms with E-state index in [0.717, 1.165) is 19.0 Å². The third kappa shape index (κ3) is 17.8. The van der Waals surface area contributed by atoms with E-state index in [1.807, 2.05) is 13.8 Å². The zero-order valence-electron chi connectivity index (χ0n) is 6.71. The minimum Gasteiger partial charge on any atom is -0.316 e. The highest BCUT2D eigenvalue weighted by atomic mass is 35.5. The lowest BCUT2D eigenvalue weighted by Crippen LogP contribution is -2.16. The first-order valence-electron chi connectivity index (χ1n) is 3.68. The second-order valence-electron chi connectivity index (χ2n) is 1.44. The normalized spacial score (nSPS) is 8.00. The van der Waals surface area contributed by atoms with Crippen LogP contribution >= 0.6 is 11.6 Å². The molecule has 0 aliphatic heterocycles. The van der Waals surface area contributed by atoms with Gasteiger partial charge in [0.1, 0.15) is 0 Å². The van der Waals surface area contributed by atoms with Crippen LogP contribution in [0.5, 0.6) is 0 Å². The lowest BCUT2D eigenvalue weighted by molar-refractivity contribution is 0.706. The van der Waals surface area contributed by atoms with E-state index in [1.165, 1.54) is 6.42 Å². The molecule has 1 N–H and O–H groups in total. The van der Waals surface area contributed by atoms with Gasteiger partial charge in [0.15, 0.2) is 0 Å². The van der Waals surface area contributed by atoms with E-state index in [1.54, 1.807) is 0 Å². The largest absolute Gasteiger partial charge is 0.316 e. The van der Waals surface area contributed by atoms with E-state index in [2.05, 4.69) is 12.2 Å². The number of halogens is 1. The number of hydrogen-bond acceptors (Lipinski definition) is 1. The van der Waals surface area contributed by atoms with Gasteiger partial charge in [-0.1, -0.05) is 20.8 Å². The highest BCUT2D eigenvalue weighted by molar-refractivity contribution is 6.18. The first-order chi connectivity index (χ1) is 4.41. The van der Waals surface area contributed by atoms with Crippen molar-refractivity contribution in [3.63, 3.8) is 0 Å². The van der Waals surface area contributed by atoms with E-state index in [-0.39, 0.29) is 0 Å². The van der Waals surface area contributed by atoms with E-state index in [0.29, 0.717) is 0 Å². The standard InChI is InChI=1S/C5H12ClN.C2H6/c1-2-4-7-5-3-6;1-2/h7H,2-5H2,1H3;1-2H3. The molecule has 0 aromatic rings. The van der Waals surface area contributed by atoms with Crippen LogP contribution in [0.3, 0.4) is 0 Å². The summed E-state index contributed by atoms with van der Waals surface area (Å²) in [5.74, 6) is 0.722. The molecular weight excluding hydrogens is 134 g/mol. The molecule has 0 saturated carbocycles. The number of hydrogen-bond donors (Lipinski definition) is 1. The van der Waals surface area contributed by atoms with Crippen LogP contribution in [0.4, 0.5) is 0 Å². The Bertz CT molecular complexity index is 28.1. The van der Waals surface area contributed by atoms with Gasteiger partial charge in [-0.15, -0.1) is 11.6 Å². The Morgan fingerprint density at radius 3 is 2.11 bits per heavy atom. The zero-order chi connectivity index (χ0) is 7.54. The lowest BCUT2D eigenvalue weighted by Gasteiger charge is -1.94. The minimum atomic E-state index is 0.722. The first kappa shape index (κ1) is 12.0. The van der Waals surface area contributed by atoms with Gasteiger partial charge in [0.2, 0.25) is 0 Å². The SMILES string of the molecule is CC.CCCNCCCl. The molecule has 0 bridgehead atoms. The van der Waals surface area contributed by atoms with Crippen molar-refractivity contribution >= 4 is 11.6 Å². The maximum Gasteiger partial charge on any atom is 0.0348 e. The number of nitrogens with one attached hydrogen (secondary N) is 1. The fourth-order valence-corrected chi connectivity index (χ4v) is 0.502. The fourth-order valence-electron chi connectivity index (χ4n) is 0.369. The molecule has 0 saturated heterocycles. The summed E-state index contributed by atoms with van der Waals surface area (Å²) < 4.78 is 0. The van der Waals surface area contributed by atoms with Crippen molar-refractivity contribution in [2.24, 2.45) is 0 Å². The molecule has 0 rings (SSSR count). The Kier molecular flexibility index (Phi) is 20.9. The van der Waals surface area contributed by atoms with Gasteiger partial charge in [-0.25, -0.2) is 0 Å². The average Bonchev–Trinajstić information content (AvgIpc) is 1.94. The van der Waals surface area contributed by atoms with Gasteiger partial charge in [-0.3, -0.25) is 0 Å². The van der Waals surface area contributed by atoms with Gasteiger partial charge < -0.3 is 5.32 Å². The quantitative estimate of drug-likeness (QED) is 0.480. The fraction of sp³-hybridized carbons (Fsp3) is 1.00. The molecule has 0 unspecified atom stereocenters. The molecule has 0 radical (unpaired) electrons. The van der Waals surface area contributed by atoms with E-state index >= 15 is 0 Å². The first-order valence-corrected chi connectivity index (χ1v) is 4.22. The molecule has 0 spiro atoms. The van der Waals surface area contributed by atoms with Crippen LogP contribution in [0.15, 0.2) is 0 Å².